The van der Waals surface area contributed by atoms with Gasteiger partial charge in [-0.3, -0.25) is 0 Å². The maximum atomic E-state index is 2.31. The van der Waals surface area contributed by atoms with E-state index in [1.165, 1.54) is 31.2 Å². The molecule has 0 saturated heterocycles. The number of rotatable bonds is 6. The van der Waals surface area contributed by atoms with Crippen LogP contribution in [-0.4, -0.2) is 0 Å². The van der Waals surface area contributed by atoms with E-state index in [2.05, 4.69) is 51.1 Å². The maximum Gasteiger partial charge on any atom is -0.0165 e. The number of hydrogen-bond donors (Lipinski definition) is 0. The van der Waals surface area contributed by atoms with Gasteiger partial charge in [-0.1, -0.05) is 63.9 Å². The third-order valence-corrected chi connectivity index (χ3v) is 3.10. The molecule has 0 saturated carbocycles. The quantitative estimate of drug-likeness (QED) is 0.611. The summed E-state index contributed by atoms with van der Waals surface area (Å²) in [5.41, 5.74) is 1.52. The van der Waals surface area contributed by atoms with Gasteiger partial charge in [0, 0.05) is 0 Å². The topological polar surface area (TPSA) is 0 Å². The highest BCUT2D eigenvalue weighted by atomic mass is 14.1. The van der Waals surface area contributed by atoms with Crippen molar-refractivity contribution in [1.29, 1.82) is 0 Å². The minimum Gasteiger partial charge on any atom is -0.0648 e. The number of hydrogen-bond acceptors (Lipinski definition) is 0. The Morgan fingerprint density at radius 3 is 2.20 bits per heavy atom. The molecule has 0 N–H and O–H groups in total. The van der Waals surface area contributed by atoms with Crippen molar-refractivity contribution in [2.24, 2.45) is 5.92 Å². The lowest BCUT2D eigenvalue weighted by Gasteiger charge is -2.15. The molecular weight excluding hydrogens is 180 g/mol. The van der Waals surface area contributed by atoms with Crippen LogP contribution in [0.2, 0.25) is 0 Å². The molecule has 0 amide bonds. The van der Waals surface area contributed by atoms with Gasteiger partial charge in [-0.25, -0.2) is 0 Å². The van der Waals surface area contributed by atoms with E-state index in [0.29, 0.717) is 0 Å². The van der Waals surface area contributed by atoms with Gasteiger partial charge in [0.15, 0.2) is 0 Å². The first-order valence-electron chi connectivity index (χ1n) is 6.29. The summed E-state index contributed by atoms with van der Waals surface area (Å²) < 4.78 is 0. The fourth-order valence-corrected chi connectivity index (χ4v) is 2.10. The Balaban J connectivity index is 2.43. The molecule has 15 heavy (non-hydrogen) atoms. The van der Waals surface area contributed by atoms with E-state index in [9.17, 15) is 0 Å². The summed E-state index contributed by atoms with van der Waals surface area (Å²) in [6.07, 6.45) is 5.34. The van der Waals surface area contributed by atoms with E-state index in [-0.39, 0.29) is 0 Å². The van der Waals surface area contributed by atoms with E-state index >= 15 is 0 Å². The van der Waals surface area contributed by atoms with Crippen LogP contribution < -0.4 is 0 Å². The molecular formula is C15H24. The lowest BCUT2D eigenvalue weighted by Crippen LogP contribution is -1.98. The van der Waals surface area contributed by atoms with Crippen molar-refractivity contribution < 1.29 is 0 Å². The molecule has 1 aromatic rings. The van der Waals surface area contributed by atoms with Gasteiger partial charge in [-0.05, 0) is 30.2 Å². The molecule has 0 heteroatoms. The number of benzene rings is 1. The van der Waals surface area contributed by atoms with Crippen LogP contribution in [0.5, 0.6) is 0 Å². The molecule has 0 aliphatic heterocycles. The third-order valence-electron chi connectivity index (χ3n) is 3.10. The highest BCUT2D eigenvalue weighted by Crippen LogP contribution is 2.25. The summed E-state index contributed by atoms with van der Waals surface area (Å²) in [6.45, 7) is 6.92. The van der Waals surface area contributed by atoms with E-state index in [4.69, 9.17) is 0 Å². The van der Waals surface area contributed by atoms with Gasteiger partial charge in [0.1, 0.15) is 0 Å². The average Bonchev–Trinajstić information content (AvgIpc) is 2.25. The van der Waals surface area contributed by atoms with E-state index < -0.39 is 0 Å². The zero-order valence-electron chi connectivity index (χ0n) is 10.4. The maximum absolute atomic E-state index is 2.31. The predicted octanol–water partition coefficient (Wildman–Crippen LogP) is 5.01. The average molecular weight is 204 g/mol. The predicted molar refractivity (Wildman–Crippen MR) is 68.2 cm³/mol. The fraction of sp³-hybridized carbons (Fsp3) is 0.600. The molecule has 1 rings (SSSR count). The van der Waals surface area contributed by atoms with E-state index in [1.807, 2.05) is 0 Å². The molecule has 0 unspecified atom stereocenters. The molecule has 0 fully saturated rings. The van der Waals surface area contributed by atoms with Crippen LogP contribution in [-0.2, 0) is 0 Å². The van der Waals surface area contributed by atoms with Crippen molar-refractivity contribution in [1.82, 2.24) is 0 Å². The smallest absolute Gasteiger partial charge is 0.0165 e. The molecule has 0 aliphatic carbocycles. The minimum atomic E-state index is 0.768. The van der Waals surface area contributed by atoms with Crippen LogP contribution in [0, 0.1) is 5.92 Å². The van der Waals surface area contributed by atoms with E-state index in [1.54, 1.807) is 0 Å². The second kappa shape index (κ2) is 6.66. The lowest BCUT2D eigenvalue weighted by atomic mass is 9.90. The van der Waals surface area contributed by atoms with Gasteiger partial charge >= 0.3 is 0 Å². The zero-order valence-corrected chi connectivity index (χ0v) is 10.4. The molecule has 0 nitrogen and oxygen atoms in total. The lowest BCUT2D eigenvalue weighted by molar-refractivity contribution is 0.493. The standard InChI is InChI=1S/C15H24/c1-4-14(12-8-9-13(2)3)15-10-6-5-7-11-15/h5-7,10-11,13-14H,4,8-9,12H2,1-3H3/t14-/m0/s1. The highest BCUT2D eigenvalue weighted by Gasteiger charge is 2.08. The van der Waals surface area contributed by atoms with Crippen molar-refractivity contribution in [2.75, 3.05) is 0 Å². The second-order valence-electron chi connectivity index (χ2n) is 4.84. The van der Waals surface area contributed by atoms with Crippen LogP contribution in [0.3, 0.4) is 0 Å². The van der Waals surface area contributed by atoms with Crippen molar-refractivity contribution in [3.05, 3.63) is 35.9 Å². The Bertz CT molecular complexity index is 248. The molecule has 0 bridgehead atoms. The van der Waals surface area contributed by atoms with Gasteiger partial charge in [-0.15, -0.1) is 0 Å². The Morgan fingerprint density at radius 1 is 1.00 bits per heavy atom. The van der Waals surface area contributed by atoms with Crippen molar-refractivity contribution in [3.63, 3.8) is 0 Å². The summed E-state index contributed by atoms with van der Waals surface area (Å²) in [6, 6.07) is 10.9. The Morgan fingerprint density at radius 2 is 1.67 bits per heavy atom. The summed E-state index contributed by atoms with van der Waals surface area (Å²) in [7, 11) is 0. The SMILES string of the molecule is CC[C@@H](CCCC(C)C)c1ccccc1. The molecule has 1 atom stereocenters. The van der Waals surface area contributed by atoms with Crippen LogP contribution in [0.25, 0.3) is 0 Å². The molecule has 1 aromatic carbocycles. The normalized spacial score (nSPS) is 13.1. The molecule has 0 aromatic heterocycles. The van der Waals surface area contributed by atoms with Gasteiger partial charge < -0.3 is 0 Å². The first-order chi connectivity index (χ1) is 7.24. The highest BCUT2D eigenvalue weighted by molar-refractivity contribution is 5.19. The van der Waals surface area contributed by atoms with E-state index in [0.717, 1.165) is 11.8 Å². The van der Waals surface area contributed by atoms with Crippen LogP contribution in [0.15, 0.2) is 30.3 Å². The zero-order chi connectivity index (χ0) is 11.1. The van der Waals surface area contributed by atoms with Crippen LogP contribution >= 0.6 is 0 Å². The van der Waals surface area contributed by atoms with Crippen LogP contribution in [0.4, 0.5) is 0 Å². The Labute approximate surface area is 94.7 Å². The van der Waals surface area contributed by atoms with Gasteiger partial charge in [0.25, 0.3) is 0 Å². The summed E-state index contributed by atoms with van der Waals surface area (Å²) in [4.78, 5) is 0. The monoisotopic (exact) mass is 204 g/mol. The van der Waals surface area contributed by atoms with Gasteiger partial charge in [0.05, 0.1) is 0 Å². The molecule has 0 radical (unpaired) electrons. The summed E-state index contributed by atoms with van der Waals surface area (Å²) in [5.74, 6) is 1.61. The van der Waals surface area contributed by atoms with Crippen LogP contribution in [0.1, 0.15) is 57.9 Å². The molecule has 84 valence electrons. The first kappa shape index (κ1) is 12.3. The summed E-state index contributed by atoms with van der Waals surface area (Å²) >= 11 is 0. The van der Waals surface area contributed by atoms with Crippen molar-refractivity contribution in [3.8, 4) is 0 Å². The van der Waals surface area contributed by atoms with Crippen molar-refractivity contribution >= 4 is 0 Å². The summed E-state index contributed by atoms with van der Waals surface area (Å²) in [5, 5.41) is 0. The minimum absolute atomic E-state index is 0.768. The Hall–Kier alpha value is -0.780. The first-order valence-corrected chi connectivity index (χ1v) is 6.29. The Kier molecular flexibility index (Phi) is 5.45. The third kappa shape index (κ3) is 4.51. The largest absolute Gasteiger partial charge is 0.0648 e. The van der Waals surface area contributed by atoms with Gasteiger partial charge in [-0.2, -0.15) is 0 Å². The second-order valence-corrected chi connectivity index (χ2v) is 4.84. The molecule has 0 aliphatic rings. The fourth-order valence-electron chi connectivity index (χ4n) is 2.10. The van der Waals surface area contributed by atoms with Crippen molar-refractivity contribution in [2.45, 2.75) is 52.4 Å². The van der Waals surface area contributed by atoms with Gasteiger partial charge in [0.2, 0.25) is 0 Å². The molecule has 0 spiro atoms. The molecule has 0 heterocycles.